The molecule has 0 aromatic heterocycles. The van der Waals surface area contributed by atoms with Gasteiger partial charge in [0, 0.05) is 11.0 Å². The highest BCUT2D eigenvalue weighted by Gasteiger charge is 2.67. The standard InChI is InChI=1S/C29H38O4/c1-17-18-7-8-21-27(4,19(18)15-20(30)23(17)31)12-14-29(6)22-16-26(3,24(32)33)10-9-25(22,2)11-13-28(21,29)5/h7-8,15,22,31H,9-14,16H2,1-6H3,(H,32,33)/t22-,25-,26+,27+,28-,29+/m1/s1. The van der Waals surface area contributed by atoms with E-state index in [2.05, 4.69) is 39.8 Å². The number of rotatable bonds is 1. The molecule has 0 spiro atoms. The van der Waals surface area contributed by atoms with Gasteiger partial charge in [-0.15, -0.1) is 0 Å². The van der Waals surface area contributed by atoms with E-state index in [1.54, 1.807) is 6.08 Å². The number of carbonyl (C=O) groups excluding carboxylic acids is 1. The van der Waals surface area contributed by atoms with Crippen molar-refractivity contribution in [3.05, 3.63) is 46.3 Å². The minimum atomic E-state index is -0.655. The Morgan fingerprint density at radius 3 is 2.30 bits per heavy atom. The number of ketones is 1. The van der Waals surface area contributed by atoms with Crippen molar-refractivity contribution in [2.75, 3.05) is 0 Å². The third-order valence-corrected chi connectivity index (χ3v) is 11.4. The average Bonchev–Trinajstić information content (AvgIpc) is 2.75. The zero-order valence-corrected chi connectivity index (χ0v) is 21.0. The van der Waals surface area contributed by atoms with Crippen molar-refractivity contribution in [1.82, 2.24) is 0 Å². The van der Waals surface area contributed by atoms with E-state index < -0.39 is 11.4 Å². The molecule has 0 heterocycles. The summed E-state index contributed by atoms with van der Waals surface area (Å²) in [6, 6.07) is 0. The first-order valence-corrected chi connectivity index (χ1v) is 12.6. The van der Waals surface area contributed by atoms with Gasteiger partial charge < -0.3 is 10.2 Å². The molecule has 4 nitrogen and oxygen atoms in total. The Bertz CT molecular complexity index is 1100. The lowest BCUT2D eigenvalue weighted by atomic mass is 9.34. The highest BCUT2D eigenvalue weighted by Crippen LogP contribution is 2.75. The van der Waals surface area contributed by atoms with Crippen molar-refractivity contribution in [3.63, 3.8) is 0 Å². The van der Waals surface area contributed by atoms with E-state index in [9.17, 15) is 19.8 Å². The first-order chi connectivity index (χ1) is 15.2. The molecule has 3 saturated carbocycles. The van der Waals surface area contributed by atoms with Gasteiger partial charge >= 0.3 is 5.97 Å². The third kappa shape index (κ3) is 2.64. The van der Waals surface area contributed by atoms with Crippen LogP contribution in [-0.4, -0.2) is 22.0 Å². The SMILES string of the molecule is CC1=C(O)C(=O)C=C2C1=CC=C1[C@@]2(C)CC[C@@]2(C)[C@@H]3C[C@@](C)(C(=O)O)CC[C@]3(C)CC[C@]12C. The number of allylic oxidation sites excluding steroid dienone is 7. The predicted molar refractivity (Wildman–Crippen MR) is 129 cm³/mol. The fourth-order valence-corrected chi connectivity index (χ4v) is 8.65. The molecule has 0 bridgehead atoms. The van der Waals surface area contributed by atoms with Gasteiger partial charge in [0.2, 0.25) is 5.78 Å². The van der Waals surface area contributed by atoms with Gasteiger partial charge in [-0.2, -0.15) is 0 Å². The fourth-order valence-electron chi connectivity index (χ4n) is 8.65. The Kier molecular flexibility index (Phi) is 4.48. The van der Waals surface area contributed by atoms with E-state index in [0.29, 0.717) is 11.5 Å². The highest BCUT2D eigenvalue weighted by atomic mass is 16.4. The van der Waals surface area contributed by atoms with Crippen LogP contribution >= 0.6 is 0 Å². The topological polar surface area (TPSA) is 74.6 Å². The monoisotopic (exact) mass is 450 g/mol. The quantitative estimate of drug-likeness (QED) is 0.466. The van der Waals surface area contributed by atoms with Gasteiger partial charge in [0.05, 0.1) is 5.41 Å². The van der Waals surface area contributed by atoms with E-state index in [1.807, 2.05) is 13.8 Å². The summed E-state index contributed by atoms with van der Waals surface area (Å²) in [7, 11) is 0. The summed E-state index contributed by atoms with van der Waals surface area (Å²) >= 11 is 0. The fraction of sp³-hybridized carbons (Fsp3) is 0.655. The lowest BCUT2D eigenvalue weighted by Crippen LogP contribution is -2.62. The van der Waals surface area contributed by atoms with Crippen molar-refractivity contribution < 1.29 is 19.8 Å². The van der Waals surface area contributed by atoms with E-state index in [1.165, 1.54) is 5.57 Å². The first kappa shape index (κ1) is 22.7. The van der Waals surface area contributed by atoms with Gasteiger partial charge in [0.15, 0.2) is 5.76 Å². The van der Waals surface area contributed by atoms with Crippen LogP contribution in [0.25, 0.3) is 0 Å². The van der Waals surface area contributed by atoms with Gasteiger partial charge in [-0.05, 0) is 98.2 Å². The number of carboxylic acids is 1. The number of hydrogen-bond acceptors (Lipinski definition) is 3. The molecule has 0 saturated heterocycles. The summed E-state index contributed by atoms with van der Waals surface area (Å²) < 4.78 is 0. The summed E-state index contributed by atoms with van der Waals surface area (Å²) in [5.74, 6) is -0.734. The molecule has 0 amide bonds. The Balaban J connectivity index is 1.64. The van der Waals surface area contributed by atoms with Gasteiger partial charge in [0.25, 0.3) is 0 Å². The van der Waals surface area contributed by atoms with Crippen molar-refractivity contribution in [1.29, 1.82) is 0 Å². The maximum absolute atomic E-state index is 12.6. The lowest BCUT2D eigenvalue weighted by molar-refractivity contribution is -0.178. The molecule has 6 atom stereocenters. The number of fused-ring (bicyclic) bond motifs is 7. The second-order valence-corrected chi connectivity index (χ2v) is 12.9. The van der Waals surface area contributed by atoms with Crippen LogP contribution in [0.3, 0.4) is 0 Å². The predicted octanol–water partition coefficient (Wildman–Crippen LogP) is 6.70. The van der Waals surface area contributed by atoms with Gasteiger partial charge in [-0.25, -0.2) is 0 Å². The molecule has 0 aliphatic heterocycles. The molecule has 0 aromatic rings. The highest BCUT2D eigenvalue weighted by molar-refractivity contribution is 6.06. The van der Waals surface area contributed by atoms with Crippen LogP contribution in [0.1, 0.15) is 86.5 Å². The van der Waals surface area contributed by atoms with Crippen LogP contribution < -0.4 is 0 Å². The number of aliphatic hydroxyl groups excluding tert-OH is 1. The third-order valence-electron chi connectivity index (χ3n) is 11.4. The van der Waals surface area contributed by atoms with Crippen LogP contribution in [0, 0.1) is 33.0 Å². The summed E-state index contributed by atoms with van der Waals surface area (Å²) in [5, 5.41) is 20.3. The maximum Gasteiger partial charge on any atom is 0.309 e. The number of hydrogen-bond donors (Lipinski definition) is 2. The average molecular weight is 451 g/mol. The molecule has 5 aliphatic carbocycles. The molecule has 5 aliphatic rings. The van der Waals surface area contributed by atoms with Crippen molar-refractivity contribution in [3.8, 4) is 0 Å². The molecular formula is C29H38O4. The van der Waals surface area contributed by atoms with Crippen molar-refractivity contribution in [2.45, 2.75) is 86.5 Å². The molecule has 178 valence electrons. The molecule has 0 unspecified atom stereocenters. The molecule has 0 aromatic carbocycles. The zero-order valence-electron chi connectivity index (χ0n) is 21.0. The number of aliphatic hydroxyl groups is 1. The van der Waals surface area contributed by atoms with E-state index in [-0.39, 0.29) is 33.2 Å². The minimum absolute atomic E-state index is 0.0000746. The van der Waals surface area contributed by atoms with Crippen LogP contribution in [0.4, 0.5) is 0 Å². The van der Waals surface area contributed by atoms with Crippen molar-refractivity contribution in [2.24, 2.45) is 33.0 Å². The summed E-state index contributed by atoms with van der Waals surface area (Å²) in [6.07, 6.45) is 12.7. The normalized spacial score (nSPS) is 46.8. The molecule has 2 N–H and O–H groups in total. The molecule has 5 rings (SSSR count). The van der Waals surface area contributed by atoms with Crippen LogP contribution in [-0.2, 0) is 9.59 Å². The largest absolute Gasteiger partial charge is 0.504 e. The Labute approximate surface area is 197 Å². The lowest BCUT2D eigenvalue weighted by Gasteiger charge is -2.70. The summed E-state index contributed by atoms with van der Waals surface area (Å²) in [4.78, 5) is 24.8. The van der Waals surface area contributed by atoms with E-state index >= 15 is 0 Å². The Morgan fingerprint density at radius 1 is 0.970 bits per heavy atom. The second-order valence-electron chi connectivity index (χ2n) is 12.9. The van der Waals surface area contributed by atoms with Gasteiger partial charge in [-0.1, -0.05) is 45.4 Å². The Morgan fingerprint density at radius 2 is 1.64 bits per heavy atom. The molecule has 4 heteroatoms. The molecule has 0 radical (unpaired) electrons. The van der Waals surface area contributed by atoms with Crippen molar-refractivity contribution >= 4 is 11.8 Å². The molecular weight excluding hydrogens is 412 g/mol. The molecule has 3 fully saturated rings. The molecule has 33 heavy (non-hydrogen) atoms. The zero-order chi connectivity index (χ0) is 24.2. The van der Waals surface area contributed by atoms with E-state index in [0.717, 1.165) is 56.1 Å². The number of carboxylic acid groups (broad SMARTS) is 1. The number of aliphatic carboxylic acids is 1. The summed E-state index contributed by atoms with van der Waals surface area (Å²) in [5.41, 5.74) is 3.33. The summed E-state index contributed by atoms with van der Waals surface area (Å²) in [6.45, 7) is 13.3. The minimum Gasteiger partial charge on any atom is -0.504 e. The smallest absolute Gasteiger partial charge is 0.309 e. The van der Waals surface area contributed by atoms with Gasteiger partial charge in [-0.3, -0.25) is 9.59 Å². The van der Waals surface area contributed by atoms with E-state index in [4.69, 9.17) is 0 Å². The first-order valence-electron chi connectivity index (χ1n) is 12.6. The Hall–Kier alpha value is -2.10. The van der Waals surface area contributed by atoms with Crippen LogP contribution in [0.5, 0.6) is 0 Å². The van der Waals surface area contributed by atoms with Gasteiger partial charge in [0.1, 0.15) is 0 Å². The second kappa shape index (κ2) is 6.52. The van der Waals surface area contributed by atoms with Crippen LogP contribution in [0.2, 0.25) is 0 Å². The van der Waals surface area contributed by atoms with Crippen LogP contribution in [0.15, 0.2) is 46.3 Å². The number of carbonyl (C=O) groups is 2. The maximum atomic E-state index is 12.6.